The number of halogens is 2. The molecule has 1 radical (unpaired) electrons. The fourth-order valence-corrected chi connectivity index (χ4v) is 5.59. The van der Waals surface area contributed by atoms with E-state index >= 15 is 0 Å². The monoisotopic (exact) mass is 583 g/mol. The minimum Gasteiger partial charge on any atom is -1.00 e. The molecule has 0 atom stereocenters. The van der Waals surface area contributed by atoms with Gasteiger partial charge in [-0.25, -0.2) is 0 Å². The van der Waals surface area contributed by atoms with Crippen molar-refractivity contribution in [3.05, 3.63) is 87.6 Å². The Morgan fingerprint density at radius 2 is 1.56 bits per heavy atom. The van der Waals surface area contributed by atoms with E-state index in [9.17, 15) is 0 Å². The van der Waals surface area contributed by atoms with Crippen molar-refractivity contribution in [2.24, 2.45) is 0 Å². The van der Waals surface area contributed by atoms with E-state index in [1.165, 1.54) is 54.9 Å². The molecule has 0 saturated heterocycles. The predicted octanol–water partition coefficient (Wildman–Crippen LogP) is 3.24. The van der Waals surface area contributed by atoms with E-state index < -0.39 is 0 Å². The maximum Gasteiger partial charge on any atom is 3.00 e. The molecule has 0 saturated carbocycles. The maximum atomic E-state index is 2.45. The van der Waals surface area contributed by atoms with Crippen LogP contribution >= 0.6 is 11.3 Å². The summed E-state index contributed by atoms with van der Waals surface area (Å²) < 4.78 is 0. The zero-order valence-electron chi connectivity index (χ0n) is 20.7. The van der Waals surface area contributed by atoms with Gasteiger partial charge in [0.15, 0.2) is 0 Å². The molecular weight excluding hydrogens is 555 g/mol. The van der Waals surface area contributed by atoms with E-state index in [4.69, 9.17) is 0 Å². The van der Waals surface area contributed by atoms with Crippen LogP contribution in [0.15, 0.2) is 65.4 Å². The van der Waals surface area contributed by atoms with Crippen molar-refractivity contribution in [1.29, 1.82) is 0 Å². The van der Waals surface area contributed by atoms with Crippen LogP contribution in [0.25, 0.3) is 32.7 Å². The summed E-state index contributed by atoms with van der Waals surface area (Å²) in [4.78, 5) is 0. The number of fused-ring (bicyclic) bond motifs is 3. The molecule has 5 rings (SSSR count). The number of thiophene rings is 1. The third-order valence-corrected chi connectivity index (χ3v) is 7.31. The molecule has 1 aromatic heterocycles. The Labute approximate surface area is 239 Å². The Bertz CT molecular complexity index is 1360. The molecule has 4 heteroatoms. The van der Waals surface area contributed by atoms with Crippen LogP contribution in [0.1, 0.15) is 70.2 Å². The number of rotatable bonds is 2. The van der Waals surface area contributed by atoms with Crippen LogP contribution in [0, 0.1) is 0 Å². The van der Waals surface area contributed by atoms with Gasteiger partial charge in [-0.15, -0.1) is 33.7 Å². The topological polar surface area (TPSA) is 0 Å². The third-order valence-electron chi connectivity index (χ3n) is 6.63. The van der Waals surface area contributed by atoms with Gasteiger partial charge < -0.3 is 24.8 Å². The van der Waals surface area contributed by atoms with Gasteiger partial charge in [0.2, 0.25) is 0 Å². The fraction of sp³-hybridized carbons (Fsp3) is 0.300. The molecule has 4 aromatic rings. The predicted molar refractivity (Wildman–Crippen MR) is 139 cm³/mol. The molecule has 1 aliphatic carbocycles. The van der Waals surface area contributed by atoms with Crippen molar-refractivity contribution >= 4 is 44.0 Å². The number of benzene rings is 2. The van der Waals surface area contributed by atoms with Crippen LogP contribution < -0.4 is 24.8 Å². The van der Waals surface area contributed by atoms with Crippen LogP contribution in [-0.4, -0.2) is 0 Å². The molecule has 1 aliphatic rings. The average molecular weight is 586 g/mol. The van der Waals surface area contributed by atoms with Crippen molar-refractivity contribution < 1.29 is 51.0 Å². The summed E-state index contributed by atoms with van der Waals surface area (Å²) in [7, 11) is 0. The van der Waals surface area contributed by atoms with Crippen molar-refractivity contribution in [2.75, 3.05) is 0 Å². The molecule has 3 aromatic carbocycles. The number of hydrogen-bond donors (Lipinski definition) is 0. The molecule has 0 spiro atoms. The summed E-state index contributed by atoms with van der Waals surface area (Å²) >= 11 is 1.78. The summed E-state index contributed by atoms with van der Waals surface area (Å²) in [5.41, 5.74) is 8.73. The molecule has 34 heavy (non-hydrogen) atoms. The molecule has 0 unspecified atom stereocenters. The first kappa shape index (κ1) is 29.2. The van der Waals surface area contributed by atoms with Crippen molar-refractivity contribution in [3.63, 3.8) is 0 Å². The van der Waals surface area contributed by atoms with Crippen LogP contribution in [0.3, 0.4) is 0 Å². The van der Waals surface area contributed by atoms with Gasteiger partial charge >= 0.3 is 26.2 Å². The molecule has 0 N–H and O–H groups in total. The average Bonchev–Trinajstić information content (AvgIpc) is 3.43. The quantitative estimate of drug-likeness (QED) is 0.317. The Balaban J connectivity index is 0.00000136. The van der Waals surface area contributed by atoms with Crippen molar-refractivity contribution in [1.82, 2.24) is 0 Å². The molecule has 0 aliphatic heterocycles. The van der Waals surface area contributed by atoms with Crippen LogP contribution in [0.5, 0.6) is 0 Å². The Morgan fingerprint density at radius 3 is 2.18 bits per heavy atom. The largest absolute Gasteiger partial charge is 3.00 e. The van der Waals surface area contributed by atoms with E-state index in [2.05, 4.69) is 107 Å². The van der Waals surface area contributed by atoms with E-state index in [0.717, 1.165) is 6.42 Å². The smallest absolute Gasteiger partial charge is 1.00 e. The summed E-state index contributed by atoms with van der Waals surface area (Å²) in [5.74, 6) is 0. The molecular formula is C30H31Cl2SZr. The standard InChI is InChI=1S/C30H31S.2ClH.Zr/c1-29(2,3)21-10-11-23-20(16-21)17-26-24(23)12-13-27(30(4,5)6)28(26)25-9-7-8-22(25)19-14-15-31-18-19;;;/h7-8,10-18H,9H2,1-6H3;2*1H;/q-1;;;+3/p-2. The normalized spacial score (nSPS) is 13.7. The Morgan fingerprint density at radius 1 is 0.853 bits per heavy atom. The van der Waals surface area contributed by atoms with Gasteiger partial charge in [-0.3, -0.25) is 0 Å². The molecule has 175 valence electrons. The molecule has 1 heterocycles. The fourth-order valence-electron chi connectivity index (χ4n) is 4.93. The second kappa shape index (κ2) is 10.5. The van der Waals surface area contributed by atoms with Crippen LogP contribution in [-0.2, 0) is 37.0 Å². The van der Waals surface area contributed by atoms with E-state index in [-0.39, 0.29) is 61.8 Å². The third kappa shape index (κ3) is 5.08. The van der Waals surface area contributed by atoms with Crippen molar-refractivity contribution in [2.45, 2.75) is 58.8 Å². The van der Waals surface area contributed by atoms with E-state index in [0.29, 0.717) is 0 Å². The molecule has 0 bridgehead atoms. The minimum absolute atomic E-state index is 0. The first-order chi connectivity index (χ1) is 14.6. The number of allylic oxidation sites excluding steroid dienone is 4. The minimum atomic E-state index is 0. The van der Waals surface area contributed by atoms with Gasteiger partial charge in [-0.1, -0.05) is 100 Å². The summed E-state index contributed by atoms with van der Waals surface area (Å²) in [6.07, 6.45) is 5.65. The van der Waals surface area contributed by atoms with Crippen LogP contribution in [0.4, 0.5) is 0 Å². The first-order valence-corrected chi connectivity index (χ1v) is 12.2. The van der Waals surface area contributed by atoms with E-state index in [1.807, 2.05) is 0 Å². The summed E-state index contributed by atoms with van der Waals surface area (Å²) in [6, 6.07) is 16.5. The first-order valence-electron chi connectivity index (χ1n) is 11.2. The molecule has 0 amide bonds. The summed E-state index contributed by atoms with van der Waals surface area (Å²) in [5, 5.41) is 9.97. The van der Waals surface area contributed by atoms with Crippen LogP contribution in [0.2, 0.25) is 0 Å². The zero-order chi connectivity index (χ0) is 22.0. The second-order valence-corrected chi connectivity index (χ2v) is 11.7. The molecule has 0 fully saturated rings. The Hall–Kier alpha value is -1.05. The summed E-state index contributed by atoms with van der Waals surface area (Å²) in [6.45, 7) is 13.9. The van der Waals surface area contributed by atoms with Gasteiger partial charge in [0, 0.05) is 0 Å². The van der Waals surface area contributed by atoms with E-state index in [1.54, 1.807) is 11.3 Å². The van der Waals surface area contributed by atoms with Gasteiger partial charge in [0.05, 0.1) is 0 Å². The van der Waals surface area contributed by atoms with Gasteiger partial charge in [0.1, 0.15) is 0 Å². The van der Waals surface area contributed by atoms with Gasteiger partial charge in [-0.2, -0.15) is 11.3 Å². The SMILES string of the molecule is CC(C)(C)c1ccc2c(c1)[cH-]c1c(C3=C(c4ccsc4)C=CC3)c(C(C)(C)C)ccc12.[Cl-].[Cl-].[Zr+3]. The number of hydrogen-bond acceptors (Lipinski definition) is 1. The molecule has 0 nitrogen and oxygen atoms in total. The Kier molecular flexibility index (Phi) is 9.03. The second-order valence-electron chi connectivity index (χ2n) is 10.9. The zero-order valence-corrected chi connectivity index (χ0v) is 25.5. The van der Waals surface area contributed by atoms with Crippen molar-refractivity contribution in [3.8, 4) is 0 Å². The van der Waals surface area contributed by atoms with Gasteiger partial charge in [0.25, 0.3) is 0 Å². The van der Waals surface area contributed by atoms with Gasteiger partial charge in [-0.05, 0) is 45.2 Å². The maximum absolute atomic E-state index is 2.45.